The maximum Gasteiger partial charge on any atom is 0.319 e. The number of rotatable bonds is 6. The van der Waals surface area contributed by atoms with Gasteiger partial charge in [-0.2, -0.15) is 10.4 Å². The average molecular weight is 520 g/mol. The van der Waals surface area contributed by atoms with Crippen LogP contribution in [-0.4, -0.2) is 46.1 Å². The topological polar surface area (TPSA) is 135 Å². The highest BCUT2D eigenvalue weighted by atomic mass is 16.2. The van der Waals surface area contributed by atoms with Gasteiger partial charge in [0.2, 0.25) is 0 Å². The number of aryl methyl sites for hydroxylation is 1. The largest absolute Gasteiger partial charge is 0.359 e. The van der Waals surface area contributed by atoms with Crippen LogP contribution in [0, 0.1) is 22.7 Å². The first kappa shape index (κ1) is 25.5. The fourth-order valence-electron chi connectivity index (χ4n) is 4.78. The summed E-state index contributed by atoms with van der Waals surface area (Å²) >= 11 is 0. The minimum atomic E-state index is -0.226. The first-order valence-corrected chi connectivity index (χ1v) is 12.6. The summed E-state index contributed by atoms with van der Waals surface area (Å²) in [6, 6.07) is 15.1. The lowest BCUT2D eigenvalue weighted by molar-refractivity contribution is 0.247. The van der Waals surface area contributed by atoms with Gasteiger partial charge in [0.15, 0.2) is 0 Å². The highest BCUT2D eigenvalue weighted by molar-refractivity contribution is 5.97. The fourth-order valence-corrected chi connectivity index (χ4v) is 4.78. The number of anilines is 2. The summed E-state index contributed by atoms with van der Waals surface area (Å²) in [6.07, 6.45) is 10.3. The molecule has 10 nitrogen and oxygen atoms in total. The summed E-state index contributed by atoms with van der Waals surface area (Å²) in [5, 5.41) is 30.7. The van der Waals surface area contributed by atoms with E-state index in [1.165, 1.54) is 0 Å². The monoisotopic (exact) mass is 519 g/mol. The van der Waals surface area contributed by atoms with Crippen molar-refractivity contribution >= 4 is 34.9 Å². The second-order valence-electron chi connectivity index (χ2n) is 9.61. The molecule has 1 fully saturated rings. The van der Waals surface area contributed by atoms with Crippen LogP contribution in [0.15, 0.2) is 84.6 Å². The number of hydrogen-bond donors (Lipinski definition) is 4. The molecule has 2 aliphatic heterocycles. The van der Waals surface area contributed by atoms with Crippen LogP contribution in [-0.2, 0) is 7.05 Å². The van der Waals surface area contributed by atoms with Crippen LogP contribution < -0.4 is 20.9 Å². The highest BCUT2D eigenvalue weighted by Gasteiger charge is 2.31. The Balaban J connectivity index is 1.33. The van der Waals surface area contributed by atoms with Crippen LogP contribution in [0.4, 0.5) is 16.3 Å². The molecular weight excluding hydrogens is 490 g/mol. The van der Waals surface area contributed by atoms with Gasteiger partial charge in [-0.1, -0.05) is 25.1 Å². The maximum absolute atomic E-state index is 12.5. The molecule has 4 N–H and O–H groups in total. The SMILES string of the molecule is CC1CN(c2ccc(C3=CC(c4cnn(C)c4)=CN/C3=C(/C#N)C=N)cn2)CC1NC(=O)Nc1ccccc1. The Hall–Kier alpha value is -5.17. The van der Waals surface area contributed by atoms with Crippen LogP contribution >= 0.6 is 0 Å². The number of para-hydroxylation sites is 1. The summed E-state index contributed by atoms with van der Waals surface area (Å²) in [6.45, 7) is 3.52. The molecule has 2 unspecified atom stereocenters. The molecule has 10 heteroatoms. The molecule has 0 radical (unpaired) electrons. The van der Waals surface area contributed by atoms with E-state index >= 15 is 0 Å². The van der Waals surface area contributed by atoms with Crippen molar-refractivity contribution in [2.75, 3.05) is 23.3 Å². The summed E-state index contributed by atoms with van der Waals surface area (Å²) in [4.78, 5) is 19.4. The Morgan fingerprint density at radius 2 is 2.00 bits per heavy atom. The van der Waals surface area contributed by atoms with Gasteiger partial charge in [-0.25, -0.2) is 9.78 Å². The summed E-state index contributed by atoms with van der Waals surface area (Å²) in [7, 11) is 1.86. The standard InChI is InChI=1S/C29H29N9O/c1-19-16-38(18-26(19)36-29(39)35-24-6-4-3-5-7-24)27-9-8-20(13-32-27)25-10-21(23-15-34-37(2)17-23)14-33-28(25)22(11-30)12-31/h3-11,13-15,17,19,26,30,33H,16,18H2,1-2H3,(H2,35,36,39)/b28-22+,30-11?. The lowest BCUT2D eigenvalue weighted by Gasteiger charge is -2.21. The van der Waals surface area contributed by atoms with Crippen molar-refractivity contribution in [3.63, 3.8) is 0 Å². The zero-order valence-electron chi connectivity index (χ0n) is 21.7. The lowest BCUT2D eigenvalue weighted by atomic mass is 9.94. The number of pyridine rings is 1. The number of nitrogens with zero attached hydrogens (tertiary/aromatic N) is 5. The third-order valence-corrected chi connectivity index (χ3v) is 6.86. The van der Waals surface area contributed by atoms with E-state index in [1.54, 1.807) is 17.1 Å². The van der Waals surface area contributed by atoms with Crippen molar-refractivity contribution in [2.45, 2.75) is 13.0 Å². The molecule has 196 valence electrons. The van der Waals surface area contributed by atoms with Gasteiger partial charge in [0.1, 0.15) is 11.9 Å². The van der Waals surface area contributed by atoms with Crippen molar-refractivity contribution in [1.29, 1.82) is 10.7 Å². The third-order valence-electron chi connectivity index (χ3n) is 6.86. The lowest BCUT2D eigenvalue weighted by Crippen LogP contribution is -2.42. The number of benzene rings is 1. The molecule has 2 aliphatic rings. The zero-order valence-corrected chi connectivity index (χ0v) is 21.7. The smallest absolute Gasteiger partial charge is 0.319 e. The van der Waals surface area contributed by atoms with E-state index in [-0.39, 0.29) is 23.6 Å². The molecule has 1 aromatic carbocycles. The quantitative estimate of drug-likeness (QED) is 0.288. The molecule has 0 saturated carbocycles. The average Bonchev–Trinajstić information content (AvgIpc) is 3.55. The molecule has 2 amide bonds. The van der Waals surface area contributed by atoms with Gasteiger partial charge in [-0.05, 0) is 36.3 Å². The van der Waals surface area contributed by atoms with Crippen molar-refractivity contribution in [3.05, 3.63) is 95.7 Å². The molecule has 5 rings (SSSR count). The van der Waals surface area contributed by atoms with E-state index in [2.05, 4.69) is 38.9 Å². The van der Waals surface area contributed by atoms with E-state index in [0.29, 0.717) is 12.2 Å². The van der Waals surface area contributed by atoms with E-state index in [9.17, 15) is 10.1 Å². The number of dihydropyridines is 1. The Morgan fingerprint density at radius 1 is 1.18 bits per heavy atom. The van der Waals surface area contributed by atoms with Crippen molar-refractivity contribution in [3.8, 4) is 6.07 Å². The molecule has 1 saturated heterocycles. The summed E-state index contributed by atoms with van der Waals surface area (Å²) in [5.74, 6) is 1.05. The number of carbonyl (C=O) groups is 1. The van der Waals surface area contributed by atoms with Crippen LogP contribution in [0.2, 0.25) is 0 Å². The number of urea groups is 1. The molecule has 4 heterocycles. The predicted molar refractivity (Wildman–Crippen MR) is 152 cm³/mol. The Bertz CT molecular complexity index is 1510. The van der Waals surface area contributed by atoms with Gasteiger partial charge in [-0.3, -0.25) is 4.68 Å². The van der Waals surface area contributed by atoms with Gasteiger partial charge in [0, 0.05) is 72.9 Å². The van der Waals surface area contributed by atoms with Gasteiger partial charge in [0.05, 0.1) is 23.5 Å². The third kappa shape index (κ3) is 5.57. The number of nitrogens with one attached hydrogen (secondary N) is 4. The Kier molecular flexibility index (Phi) is 7.23. The second kappa shape index (κ2) is 11.1. The van der Waals surface area contributed by atoms with E-state index in [4.69, 9.17) is 10.4 Å². The Morgan fingerprint density at radius 3 is 2.67 bits per heavy atom. The number of amides is 2. The van der Waals surface area contributed by atoms with Crippen molar-refractivity contribution in [1.82, 2.24) is 25.4 Å². The van der Waals surface area contributed by atoms with E-state index in [1.807, 2.05) is 68.0 Å². The van der Waals surface area contributed by atoms with Crippen LogP contribution in [0.3, 0.4) is 0 Å². The minimum Gasteiger partial charge on any atom is -0.359 e. The first-order valence-electron chi connectivity index (χ1n) is 12.6. The second-order valence-corrected chi connectivity index (χ2v) is 9.61. The fraction of sp³-hybridized carbons (Fsp3) is 0.207. The highest BCUT2D eigenvalue weighted by Crippen LogP contribution is 2.32. The Labute approximate surface area is 226 Å². The van der Waals surface area contributed by atoms with Crippen molar-refractivity contribution < 1.29 is 4.79 Å². The van der Waals surface area contributed by atoms with Gasteiger partial charge in [0.25, 0.3) is 0 Å². The molecule has 2 atom stereocenters. The number of aromatic nitrogens is 3. The van der Waals surface area contributed by atoms with Gasteiger partial charge >= 0.3 is 6.03 Å². The molecular formula is C29H29N9O. The number of hydrogen-bond acceptors (Lipinski definition) is 7. The normalized spacial score (nSPS) is 19.8. The molecule has 2 aromatic heterocycles. The maximum atomic E-state index is 12.5. The van der Waals surface area contributed by atoms with Crippen LogP contribution in [0.25, 0.3) is 11.1 Å². The van der Waals surface area contributed by atoms with Crippen LogP contribution in [0.5, 0.6) is 0 Å². The molecule has 0 spiro atoms. The summed E-state index contributed by atoms with van der Waals surface area (Å²) < 4.78 is 1.73. The number of carbonyl (C=O) groups excluding carboxylic acids is 1. The predicted octanol–water partition coefficient (Wildman–Crippen LogP) is 3.92. The molecule has 0 bridgehead atoms. The molecule has 39 heavy (non-hydrogen) atoms. The van der Waals surface area contributed by atoms with E-state index in [0.717, 1.165) is 46.5 Å². The molecule has 0 aliphatic carbocycles. The summed E-state index contributed by atoms with van der Waals surface area (Å²) in [5.41, 5.74) is 4.95. The van der Waals surface area contributed by atoms with Crippen LogP contribution in [0.1, 0.15) is 18.1 Å². The first-order chi connectivity index (χ1) is 18.9. The van der Waals surface area contributed by atoms with E-state index < -0.39 is 0 Å². The van der Waals surface area contributed by atoms with Gasteiger partial charge in [-0.15, -0.1) is 0 Å². The zero-order chi connectivity index (χ0) is 27.4. The number of nitriles is 1. The minimum absolute atomic E-state index is 0.0204. The molecule has 3 aromatic rings. The van der Waals surface area contributed by atoms with Gasteiger partial charge < -0.3 is 26.3 Å². The number of allylic oxidation sites excluding steroid dienone is 4. The van der Waals surface area contributed by atoms with Crippen molar-refractivity contribution in [2.24, 2.45) is 13.0 Å².